The molecule has 7 nitrogen and oxygen atoms in total. The minimum Gasteiger partial charge on any atom is -0.298 e. The molecule has 0 radical (unpaired) electrons. The molecule has 3 aromatic rings. The molecule has 0 spiro atoms. The van der Waals surface area contributed by atoms with Gasteiger partial charge in [0, 0.05) is 49.9 Å². The van der Waals surface area contributed by atoms with Crippen LogP contribution in [-0.4, -0.2) is 54.7 Å². The summed E-state index contributed by atoms with van der Waals surface area (Å²) < 4.78 is 27.7. The van der Waals surface area contributed by atoms with Crippen LogP contribution >= 0.6 is 11.3 Å². The van der Waals surface area contributed by atoms with Gasteiger partial charge in [-0.05, 0) is 23.8 Å². The standard InChI is InChI=1S/C21H22N4O3S2/c26-20(23-21-22-9-14-29-21)18-7-4-8-19(15-18)30(27,28)25-12-10-24(11-13-25)16-17-5-2-1-3-6-17/h1-9,14-15H,10-13,16H2,(H,22,23,26). The van der Waals surface area contributed by atoms with E-state index in [0.29, 0.717) is 31.3 Å². The van der Waals surface area contributed by atoms with Gasteiger partial charge in [0.1, 0.15) is 0 Å². The van der Waals surface area contributed by atoms with Crippen molar-refractivity contribution >= 4 is 32.4 Å². The fraction of sp³-hybridized carbons (Fsp3) is 0.238. The molecule has 1 amide bonds. The highest BCUT2D eigenvalue weighted by Gasteiger charge is 2.29. The van der Waals surface area contributed by atoms with E-state index >= 15 is 0 Å². The van der Waals surface area contributed by atoms with Crippen LogP contribution in [0.25, 0.3) is 0 Å². The lowest BCUT2D eigenvalue weighted by Gasteiger charge is -2.34. The lowest BCUT2D eigenvalue weighted by molar-refractivity contribution is 0.102. The first-order valence-corrected chi connectivity index (χ1v) is 11.9. The van der Waals surface area contributed by atoms with Crippen molar-refractivity contribution in [2.45, 2.75) is 11.4 Å². The number of thiazole rings is 1. The molecule has 1 fully saturated rings. The maximum Gasteiger partial charge on any atom is 0.257 e. The highest BCUT2D eigenvalue weighted by Crippen LogP contribution is 2.21. The van der Waals surface area contributed by atoms with Crippen LogP contribution in [0, 0.1) is 0 Å². The van der Waals surface area contributed by atoms with E-state index in [9.17, 15) is 13.2 Å². The zero-order valence-corrected chi connectivity index (χ0v) is 17.9. The number of benzene rings is 2. The lowest BCUT2D eigenvalue weighted by atomic mass is 10.2. The summed E-state index contributed by atoms with van der Waals surface area (Å²) in [7, 11) is -3.66. The second-order valence-electron chi connectivity index (χ2n) is 6.99. The van der Waals surface area contributed by atoms with E-state index in [0.717, 1.165) is 6.54 Å². The number of sulfonamides is 1. The van der Waals surface area contributed by atoms with E-state index < -0.39 is 10.0 Å². The largest absolute Gasteiger partial charge is 0.298 e. The molecule has 30 heavy (non-hydrogen) atoms. The fourth-order valence-corrected chi connectivity index (χ4v) is 5.36. The Hall–Kier alpha value is -2.59. The first kappa shape index (κ1) is 20.7. The van der Waals surface area contributed by atoms with Gasteiger partial charge >= 0.3 is 0 Å². The summed E-state index contributed by atoms with van der Waals surface area (Å²) >= 11 is 1.30. The molecule has 156 valence electrons. The highest BCUT2D eigenvalue weighted by atomic mass is 32.2. The topological polar surface area (TPSA) is 82.6 Å². The van der Waals surface area contributed by atoms with Crippen LogP contribution in [0.15, 0.2) is 71.1 Å². The van der Waals surface area contributed by atoms with Gasteiger partial charge in [-0.15, -0.1) is 11.3 Å². The van der Waals surface area contributed by atoms with Gasteiger partial charge in [-0.1, -0.05) is 36.4 Å². The van der Waals surface area contributed by atoms with E-state index in [4.69, 9.17) is 0 Å². The average molecular weight is 443 g/mol. The first-order valence-electron chi connectivity index (χ1n) is 9.60. The van der Waals surface area contributed by atoms with Gasteiger partial charge in [0.05, 0.1) is 4.90 Å². The first-order chi connectivity index (χ1) is 14.5. The molecular weight excluding hydrogens is 420 g/mol. The van der Waals surface area contributed by atoms with E-state index in [1.54, 1.807) is 23.7 Å². The molecule has 1 aliphatic rings. The molecule has 0 aliphatic carbocycles. The molecule has 1 aliphatic heterocycles. The minimum atomic E-state index is -3.66. The van der Waals surface area contributed by atoms with Gasteiger partial charge in [-0.2, -0.15) is 4.31 Å². The van der Waals surface area contributed by atoms with Crippen molar-refractivity contribution in [3.8, 4) is 0 Å². The molecule has 2 heterocycles. The number of nitrogens with zero attached hydrogens (tertiary/aromatic N) is 3. The Kier molecular flexibility index (Phi) is 6.24. The molecule has 0 saturated carbocycles. The summed E-state index contributed by atoms with van der Waals surface area (Å²) in [5.74, 6) is -0.380. The van der Waals surface area contributed by atoms with Crippen LogP contribution in [0.1, 0.15) is 15.9 Å². The van der Waals surface area contributed by atoms with Crippen molar-refractivity contribution in [2.24, 2.45) is 0 Å². The molecular formula is C21H22N4O3S2. The number of carbonyl (C=O) groups is 1. The molecule has 9 heteroatoms. The fourth-order valence-electron chi connectivity index (χ4n) is 3.37. The summed E-state index contributed by atoms with van der Waals surface area (Å²) in [6.07, 6.45) is 1.60. The van der Waals surface area contributed by atoms with Gasteiger partial charge in [-0.25, -0.2) is 13.4 Å². The zero-order valence-electron chi connectivity index (χ0n) is 16.3. The van der Waals surface area contributed by atoms with E-state index in [1.165, 1.54) is 33.3 Å². The number of rotatable bonds is 6. The molecule has 0 atom stereocenters. The normalized spacial score (nSPS) is 15.7. The van der Waals surface area contributed by atoms with Crippen LogP contribution in [0.2, 0.25) is 0 Å². The molecule has 1 saturated heterocycles. The lowest BCUT2D eigenvalue weighted by Crippen LogP contribution is -2.48. The van der Waals surface area contributed by atoms with E-state index in [2.05, 4.69) is 27.3 Å². The summed E-state index contributed by atoms with van der Waals surface area (Å²) in [5, 5.41) is 4.91. The van der Waals surface area contributed by atoms with Crippen LogP contribution in [0.3, 0.4) is 0 Å². The monoisotopic (exact) mass is 442 g/mol. The smallest absolute Gasteiger partial charge is 0.257 e. The number of anilines is 1. The van der Waals surface area contributed by atoms with Crippen LogP contribution in [0.4, 0.5) is 5.13 Å². The number of hydrogen-bond donors (Lipinski definition) is 1. The minimum absolute atomic E-state index is 0.130. The average Bonchev–Trinajstić information content (AvgIpc) is 3.28. The van der Waals surface area contributed by atoms with Gasteiger partial charge in [0.25, 0.3) is 5.91 Å². The maximum absolute atomic E-state index is 13.1. The molecule has 1 aromatic heterocycles. The van der Waals surface area contributed by atoms with Crippen molar-refractivity contribution in [3.05, 3.63) is 77.3 Å². The Morgan fingerprint density at radius 2 is 1.80 bits per heavy atom. The van der Waals surface area contributed by atoms with Crippen molar-refractivity contribution in [1.82, 2.24) is 14.2 Å². The van der Waals surface area contributed by atoms with Gasteiger partial charge < -0.3 is 0 Å². The number of amides is 1. The van der Waals surface area contributed by atoms with Gasteiger partial charge in [0.15, 0.2) is 5.13 Å². The number of hydrogen-bond acceptors (Lipinski definition) is 6. The molecule has 2 aromatic carbocycles. The van der Waals surface area contributed by atoms with Crippen molar-refractivity contribution in [2.75, 3.05) is 31.5 Å². The number of carbonyl (C=O) groups excluding carboxylic acids is 1. The second-order valence-corrected chi connectivity index (χ2v) is 9.82. The number of aromatic nitrogens is 1. The summed E-state index contributed by atoms with van der Waals surface area (Å²) in [5.41, 5.74) is 1.50. The number of piperazine rings is 1. The van der Waals surface area contributed by atoms with E-state index in [1.807, 2.05) is 18.2 Å². The quantitative estimate of drug-likeness (QED) is 0.635. The Morgan fingerprint density at radius 1 is 1.03 bits per heavy atom. The van der Waals surface area contributed by atoms with Crippen molar-refractivity contribution < 1.29 is 13.2 Å². The Labute approximate surface area is 180 Å². The summed E-state index contributed by atoms with van der Waals surface area (Å²) in [4.78, 5) is 18.8. The zero-order chi connectivity index (χ0) is 21.0. The van der Waals surface area contributed by atoms with Crippen molar-refractivity contribution in [1.29, 1.82) is 0 Å². The highest BCUT2D eigenvalue weighted by molar-refractivity contribution is 7.89. The maximum atomic E-state index is 13.1. The van der Waals surface area contributed by atoms with Gasteiger partial charge in [-0.3, -0.25) is 15.0 Å². The van der Waals surface area contributed by atoms with Crippen LogP contribution in [-0.2, 0) is 16.6 Å². The molecule has 4 rings (SSSR count). The van der Waals surface area contributed by atoms with Crippen LogP contribution < -0.4 is 5.32 Å². The van der Waals surface area contributed by atoms with Crippen molar-refractivity contribution in [3.63, 3.8) is 0 Å². The SMILES string of the molecule is O=C(Nc1nccs1)c1cccc(S(=O)(=O)N2CCN(Cc3ccccc3)CC2)c1. The van der Waals surface area contributed by atoms with Gasteiger partial charge in [0.2, 0.25) is 10.0 Å². The Bertz CT molecular complexity index is 1090. The predicted molar refractivity (Wildman–Crippen MR) is 117 cm³/mol. The third-order valence-electron chi connectivity index (χ3n) is 4.97. The Morgan fingerprint density at radius 3 is 2.50 bits per heavy atom. The van der Waals surface area contributed by atoms with E-state index in [-0.39, 0.29) is 16.4 Å². The third kappa shape index (κ3) is 4.76. The summed E-state index contributed by atoms with van der Waals surface area (Å²) in [6, 6.07) is 16.3. The summed E-state index contributed by atoms with van der Waals surface area (Å²) in [6.45, 7) is 2.98. The predicted octanol–water partition coefficient (Wildman–Crippen LogP) is 2.90. The number of nitrogens with one attached hydrogen (secondary N) is 1. The van der Waals surface area contributed by atoms with Crippen LogP contribution in [0.5, 0.6) is 0 Å². The third-order valence-corrected chi connectivity index (χ3v) is 7.55. The molecule has 1 N–H and O–H groups in total. The molecule has 0 unspecified atom stereocenters. The molecule has 0 bridgehead atoms. The second kappa shape index (κ2) is 9.05. The Balaban J connectivity index is 1.42.